The van der Waals surface area contributed by atoms with E-state index >= 15 is 0 Å². The summed E-state index contributed by atoms with van der Waals surface area (Å²) >= 11 is 0. The third-order valence-electron chi connectivity index (χ3n) is 2.48. The Kier molecular flexibility index (Phi) is 1.38. The zero-order chi connectivity index (χ0) is 8.67. The van der Waals surface area contributed by atoms with Crippen LogP contribution in [0.4, 0.5) is 0 Å². The second kappa shape index (κ2) is 2.55. The molecule has 1 saturated heterocycles. The monoisotopic (exact) mass is 174 g/mol. The molecule has 0 spiro atoms. The van der Waals surface area contributed by atoms with Gasteiger partial charge < -0.3 is 5.32 Å². The molecule has 1 atom stereocenters. The summed E-state index contributed by atoms with van der Waals surface area (Å²) in [7, 11) is 0. The van der Waals surface area contributed by atoms with E-state index in [9.17, 15) is 0 Å². The van der Waals surface area contributed by atoms with E-state index in [-0.39, 0.29) is 6.17 Å². The fourth-order valence-corrected chi connectivity index (χ4v) is 1.82. The topological polar surface area (TPSA) is 49.0 Å². The van der Waals surface area contributed by atoms with Crippen molar-refractivity contribution in [1.82, 2.24) is 21.2 Å². The van der Waals surface area contributed by atoms with E-state index in [0.717, 1.165) is 6.54 Å². The molecule has 0 amide bonds. The molecule has 3 heterocycles. The van der Waals surface area contributed by atoms with Gasteiger partial charge in [0, 0.05) is 30.4 Å². The number of hydrazine groups is 1. The Morgan fingerprint density at radius 3 is 3.46 bits per heavy atom. The number of nitrogens with one attached hydrogen (secondary N) is 3. The molecule has 4 heteroatoms. The van der Waals surface area contributed by atoms with Crippen LogP contribution in [0.2, 0.25) is 0 Å². The molecule has 66 valence electrons. The second-order valence-corrected chi connectivity index (χ2v) is 3.23. The lowest BCUT2D eigenvalue weighted by Crippen LogP contribution is -2.46. The molecule has 0 bridgehead atoms. The van der Waals surface area contributed by atoms with Crippen LogP contribution in [-0.2, 0) is 0 Å². The maximum Gasteiger partial charge on any atom is 0.113 e. The van der Waals surface area contributed by atoms with Crippen LogP contribution in [0.5, 0.6) is 0 Å². The summed E-state index contributed by atoms with van der Waals surface area (Å²) in [6, 6.07) is 2.06. The summed E-state index contributed by atoms with van der Waals surface area (Å²) in [5.74, 6) is 0. The Morgan fingerprint density at radius 1 is 1.46 bits per heavy atom. The number of hydrogen-bond acceptors (Lipinski definition) is 4. The van der Waals surface area contributed by atoms with Crippen LogP contribution in [0, 0.1) is 0 Å². The van der Waals surface area contributed by atoms with E-state index in [0.29, 0.717) is 0 Å². The highest BCUT2D eigenvalue weighted by Crippen LogP contribution is 2.03. The maximum absolute atomic E-state index is 4.09. The number of pyridine rings is 1. The van der Waals surface area contributed by atoms with Crippen LogP contribution in [0.1, 0.15) is 0 Å². The highest BCUT2D eigenvalue weighted by atomic mass is 15.4. The molecule has 3 N–H and O–H groups in total. The first-order valence-electron chi connectivity index (χ1n) is 4.33. The minimum absolute atomic E-state index is 0.245. The SMILES string of the molecule is C1=c2cnccc2=C2CNNC2N1. The molecular formula is C9H10N4. The van der Waals surface area contributed by atoms with Crippen molar-refractivity contribution in [1.29, 1.82) is 0 Å². The first-order valence-corrected chi connectivity index (χ1v) is 4.33. The smallest absolute Gasteiger partial charge is 0.113 e. The predicted molar refractivity (Wildman–Crippen MR) is 49.4 cm³/mol. The van der Waals surface area contributed by atoms with Gasteiger partial charge in [0.1, 0.15) is 6.17 Å². The minimum Gasteiger partial charge on any atom is -0.371 e. The van der Waals surface area contributed by atoms with E-state index in [2.05, 4.69) is 27.2 Å². The highest BCUT2D eigenvalue weighted by Gasteiger charge is 2.21. The molecule has 3 rings (SSSR count). The van der Waals surface area contributed by atoms with E-state index in [1.54, 1.807) is 0 Å². The van der Waals surface area contributed by atoms with Crippen LogP contribution in [0.15, 0.2) is 18.5 Å². The van der Waals surface area contributed by atoms with Gasteiger partial charge in [-0.1, -0.05) is 0 Å². The Hall–Kier alpha value is -1.39. The normalized spacial score (nSPS) is 24.3. The van der Waals surface area contributed by atoms with Gasteiger partial charge in [-0.3, -0.25) is 10.4 Å². The van der Waals surface area contributed by atoms with E-state index < -0.39 is 0 Å². The Balaban J connectivity index is 2.38. The summed E-state index contributed by atoms with van der Waals surface area (Å²) in [5, 5.41) is 5.72. The Labute approximate surface area is 75.3 Å². The third-order valence-corrected chi connectivity index (χ3v) is 2.48. The van der Waals surface area contributed by atoms with Crippen LogP contribution in [0.3, 0.4) is 0 Å². The largest absolute Gasteiger partial charge is 0.371 e. The van der Waals surface area contributed by atoms with Gasteiger partial charge in [0.2, 0.25) is 0 Å². The van der Waals surface area contributed by atoms with Crippen molar-refractivity contribution < 1.29 is 0 Å². The van der Waals surface area contributed by atoms with Crippen molar-refractivity contribution in [2.75, 3.05) is 6.54 Å². The number of hydrogen-bond donors (Lipinski definition) is 3. The Bertz CT molecular complexity index is 451. The van der Waals surface area contributed by atoms with Gasteiger partial charge in [-0.05, 0) is 16.9 Å². The molecule has 0 radical (unpaired) electrons. The molecule has 1 unspecified atom stereocenters. The number of fused-ring (bicyclic) bond motifs is 2. The number of rotatable bonds is 0. The van der Waals surface area contributed by atoms with Crippen molar-refractivity contribution in [3.8, 4) is 0 Å². The fourth-order valence-electron chi connectivity index (χ4n) is 1.82. The van der Waals surface area contributed by atoms with Gasteiger partial charge in [-0.25, -0.2) is 5.43 Å². The van der Waals surface area contributed by atoms with Crippen molar-refractivity contribution in [2.24, 2.45) is 0 Å². The first-order chi connectivity index (χ1) is 6.45. The van der Waals surface area contributed by atoms with Crippen molar-refractivity contribution in [3.05, 3.63) is 28.9 Å². The molecule has 13 heavy (non-hydrogen) atoms. The fraction of sp³-hybridized carbons (Fsp3) is 0.222. The highest BCUT2D eigenvalue weighted by molar-refractivity contribution is 5.58. The van der Waals surface area contributed by atoms with Crippen LogP contribution in [0.25, 0.3) is 11.8 Å². The molecule has 1 fully saturated rings. The standard InChI is InChI=1S/C9H10N4/c1-2-10-3-6-4-11-9-8(7(1)6)5-12-13-9/h1-4,9,11-13H,5H2. The third kappa shape index (κ3) is 0.961. The molecule has 0 aromatic carbocycles. The van der Waals surface area contributed by atoms with Gasteiger partial charge in [0.05, 0.1) is 0 Å². The van der Waals surface area contributed by atoms with Gasteiger partial charge in [0.25, 0.3) is 0 Å². The van der Waals surface area contributed by atoms with E-state index in [4.69, 9.17) is 0 Å². The molecule has 2 aliphatic heterocycles. The van der Waals surface area contributed by atoms with Crippen molar-refractivity contribution in [2.45, 2.75) is 6.17 Å². The molecule has 2 aliphatic rings. The van der Waals surface area contributed by atoms with Crippen molar-refractivity contribution >= 4 is 11.8 Å². The summed E-state index contributed by atoms with van der Waals surface area (Å²) < 4.78 is 0. The lowest BCUT2D eigenvalue weighted by molar-refractivity contribution is 0.558. The molecule has 1 aromatic heterocycles. The van der Waals surface area contributed by atoms with Crippen LogP contribution < -0.4 is 26.6 Å². The molecular weight excluding hydrogens is 164 g/mol. The Morgan fingerprint density at radius 2 is 2.46 bits per heavy atom. The number of aromatic nitrogens is 1. The minimum atomic E-state index is 0.245. The summed E-state index contributed by atoms with van der Waals surface area (Å²) in [5.41, 5.74) is 7.63. The van der Waals surface area contributed by atoms with Gasteiger partial charge >= 0.3 is 0 Å². The maximum atomic E-state index is 4.09. The lowest BCUT2D eigenvalue weighted by atomic mass is 10.1. The quantitative estimate of drug-likeness (QED) is 0.426. The first kappa shape index (κ1) is 7.06. The number of nitrogens with zero attached hydrogens (tertiary/aromatic N) is 1. The van der Waals surface area contributed by atoms with Crippen LogP contribution >= 0.6 is 0 Å². The summed E-state index contributed by atoms with van der Waals surface area (Å²) in [6.07, 6.45) is 5.95. The molecule has 4 nitrogen and oxygen atoms in total. The summed E-state index contributed by atoms with van der Waals surface area (Å²) in [6.45, 7) is 0.891. The lowest BCUT2D eigenvalue weighted by Gasteiger charge is -2.15. The zero-order valence-electron chi connectivity index (χ0n) is 7.04. The molecule has 0 saturated carbocycles. The van der Waals surface area contributed by atoms with E-state index in [1.807, 2.05) is 18.6 Å². The van der Waals surface area contributed by atoms with Crippen LogP contribution in [-0.4, -0.2) is 17.7 Å². The summed E-state index contributed by atoms with van der Waals surface area (Å²) in [4.78, 5) is 4.09. The second-order valence-electron chi connectivity index (χ2n) is 3.23. The van der Waals surface area contributed by atoms with Crippen molar-refractivity contribution in [3.63, 3.8) is 0 Å². The van der Waals surface area contributed by atoms with Gasteiger partial charge in [-0.2, -0.15) is 0 Å². The van der Waals surface area contributed by atoms with Gasteiger partial charge in [-0.15, -0.1) is 0 Å². The van der Waals surface area contributed by atoms with E-state index in [1.165, 1.54) is 16.0 Å². The predicted octanol–water partition coefficient (Wildman–Crippen LogP) is -1.99. The zero-order valence-corrected chi connectivity index (χ0v) is 7.04. The molecule has 1 aromatic rings. The average Bonchev–Trinajstić information content (AvgIpc) is 2.65. The van der Waals surface area contributed by atoms with Gasteiger partial charge in [0.15, 0.2) is 0 Å². The average molecular weight is 174 g/mol. The molecule has 0 aliphatic carbocycles.